The summed E-state index contributed by atoms with van der Waals surface area (Å²) in [5, 5.41) is 1.19. The first-order valence-electron chi connectivity index (χ1n) is 10.0. The van der Waals surface area contributed by atoms with Gasteiger partial charge in [0.15, 0.2) is 11.5 Å². The van der Waals surface area contributed by atoms with Gasteiger partial charge in [0.25, 0.3) is 0 Å². The lowest BCUT2D eigenvalue weighted by atomic mass is 9.92. The van der Waals surface area contributed by atoms with Crippen molar-refractivity contribution in [2.24, 2.45) is 0 Å². The largest absolute Gasteiger partial charge is 0.454 e. The summed E-state index contributed by atoms with van der Waals surface area (Å²) in [7, 11) is 1.65. The second kappa shape index (κ2) is 7.09. The van der Waals surface area contributed by atoms with E-state index in [1.54, 1.807) is 7.05 Å². The van der Waals surface area contributed by atoms with Gasteiger partial charge in [-0.1, -0.05) is 24.3 Å². The number of benzene rings is 2. The molecular formula is C23H23N3O4. The van der Waals surface area contributed by atoms with Crippen molar-refractivity contribution in [1.29, 1.82) is 0 Å². The van der Waals surface area contributed by atoms with Gasteiger partial charge in [-0.05, 0) is 35.7 Å². The fraction of sp³-hybridized carbons (Fsp3) is 0.304. The third kappa shape index (κ3) is 2.98. The zero-order valence-electron chi connectivity index (χ0n) is 17.0. The minimum absolute atomic E-state index is 0.0476. The van der Waals surface area contributed by atoms with Crippen LogP contribution in [-0.2, 0) is 16.0 Å². The van der Waals surface area contributed by atoms with Gasteiger partial charge in [0.05, 0.1) is 12.6 Å². The van der Waals surface area contributed by atoms with Crippen LogP contribution in [0, 0.1) is 0 Å². The molecule has 2 aliphatic heterocycles. The third-order valence-electron chi connectivity index (χ3n) is 5.98. The number of carbonyl (C=O) groups is 2. The number of nitrogens with one attached hydrogen (secondary N) is 1. The van der Waals surface area contributed by atoms with Gasteiger partial charge >= 0.3 is 0 Å². The Morgan fingerprint density at radius 3 is 2.80 bits per heavy atom. The van der Waals surface area contributed by atoms with Gasteiger partial charge < -0.3 is 24.3 Å². The molecule has 5 rings (SSSR count). The quantitative estimate of drug-likeness (QED) is 0.727. The van der Waals surface area contributed by atoms with Crippen molar-refractivity contribution in [2.75, 3.05) is 26.9 Å². The molecule has 30 heavy (non-hydrogen) atoms. The summed E-state index contributed by atoms with van der Waals surface area (Å²) in [5.41, 5.74) is 4.26. The van der Waals surface area contributed by atoms with E-state index in [1.807, 2.05) is 35.2 Å². The highest BCUT2D eigenvalue weighted by Gasteiger charge is 2.35. The van der Waals surface area contributed by atoms with Crippen LogP contribution in [0.1, 0.15) is 29.8 Å². The van der Waals surface area contributed by atoms with Crippen LogP contribution < -0.4 is 9.47 Å². The maximum atomic E-state index is 13.2. The number of carbonyl (C=O) groups excluding carboxylic acids is 2. The molecule has 2 aromatic carbocycles. The van der Waals surface area contributed by atoms with Crippen LogP contribution >= 0.6 is 0 Å². The van der Waals surface area contributed by atoms with Crippen LogP contribution in [0.5, 0.6) is 11.5 Å². The van der Waals surface area contributed by atoms with E-state index in [2.05, 4.69) is 17.1 Å². The number of nitrogens with zero attached hydrogens (tertiary/aromatic N) is 2. The molecule has 0 aliphatic carbocycles. The average Bonchev–Trinajstić information content (AvgIpc) is 3.36. The maximum absolute atomic E-state index is 13.2. The summed E-state index contributed by atoms with van der Waals surface area (Å²) in [5.74, 6) is 1.18. The Morgan fingerprint density at radius 1 is 1.17 bits per heavy atom. The van der Waals surface area contributed by atoms with Crippen molar-refractivity contribution < 1.29 is 19.1 Å². The molecule has 0 saturated heterocycles. The van der Waals surface area contributed by atoms with Crippen molar-refractivity contribution in [1.82, 2.24) is 14.8 Å². The van der Waals surface area contributed by atoms with Gasteiger partial charge in [-0.25, -0.2) is 0 Å². The highest BCUT2D eigenvalue weighted by atomic mass is 16.7. The van der Waals surface area contributed by atoms with Crippen LogP contribution in [0.3, 0.4) is 0 Å². The predicted octanol–water partition coefficient (Wildman–Crippen LogP) is 2.85. The Balaban J connectivity index is 1.60. The van der Waals surface area contributed by atoms with E-state index in [0.717, 1.165) is 23.2 Å². The van der Waals surface area contributed by atoms with Crippen LogP contribution in [-0.4, -0.2) is 53.5 Å². The summed E-state index contributed by atoms with van der Waals surface area (Å²) in [6.07, 6.45) is 0.760. The van der Waals surface area contributed by atoms with Crippen LogP contribution in [0.15, 0.2) is 42.5 Å². The van der Waals surface area contributed by atoms with Gasteiger partial charge in [-0.3, -0.25) is 9.59 Å². The Hall–Kier alpha value is -3.48. The molecule has 1 N–H and O–H groups in total. The molecule has 0 radical (unpaired) electrons. The maximum Gasteiger partial charge on any atom is 0.243 e. The van der Waals surface area contributed by atoms with Crippen LogP contribution in [0.4, 0.5) is 0 Å². The molecule has 3 heterocycles. The lowest BCUT2D eigenvalue weighted by molar-refractivity contribution is -0.139. The third-order valence-corrected chi connectivity index (χ3v) is 5.98. The van der Waals surface area contributed by atoms with E-state index in [4.69, 9.17) is 9.47 Å². The van der Waals surface area contributed by atoms with Crippen molar-refractivity contribution >= 4 is 22.7 Å². The standard InChI is InChI=1S/C23H23N3O4/c1-14(27)25(2)12-21(28)26-10-9-17-16-5-3-4-6-18(16)24-22(17)23(26)15-7-8-19-20(11-15)30-13-29-19/h3-8,11,23-24H,9-10,12-13H2,1-2H3/t23-/m1/s1. The molecule has 1 atom stereocenters. The van der Waals surface area contributed by atoms with E-state index < -0.39 is 0 Å². The molecule has 0 saturated carbocycles. The minimum atomic E-state index is -0.288. The van der Waals surface area contributed by atoms with Gasteiger partial charge in [0.2, 0.25) is 18.6 Å². The smallest absolute Gasteiger partial charge is 0.243 e. The second-order valence-electron chi connectivity index (χ2n) is 7.79. The summed E-state index contributed by atoms with van der Waals surface area (Å²) >= 11 is 0. The Morgan fingerprint density at radius 2 is 1.97 bits per heavy atom. The number of aromatic amines is 1. The normalized spacial score (nSPS) is 17.1. The lowest BCUT2D eigenvalue weighted by Crippen LogP contribution is -2.45. The molecule has 154 valence electrons. The number of likely N-dealkylation sites (N-methyl/N-ethyl adjacent to an activating group) is 1. The van der Waals surface area contributed by atoms with Crippen molar-refractivity contribution in [3.8, 4) is 11.5 Å². The first-order chi connectivity index (χ1) is 14.5. The molecule has 2 amide bonds. The summed E-state index contributed by atoms with van der Waals surface area (Å²) in [6.45, 7) is 2.30. The highest BCUT2D eigenvalue weighted by Crippen LogP contribution is 2.42. The molecule has 7 heteroatoms. The van der Waals surface area contributed by atoms with Gasteiger partial charge in [-0.15, -0.1) is 0 Å². The molecular weight excluding hydrogens is 382 g/mol. The van der Waals surface area contributed by atoms with E-state index in [9.17, 15) is 9.59 Å². The number of rotatable bonds is 3. The Kier molecular flexibility index (Phi) is 4.38. The first-order valence-corrected chi connectivity index (χ1v) is 10.0. The first kappa shape index (κ1) is 18.5. The van der Waals surface area contributed by atoms with E-state index in [1.165, 1.54) is 22.8 Å². The average molecular weight is 405 g/mol. The SMILES string of the molecule is CC(=O)N(C)CC(=O)N1CCc2c([nH]c3ccccc23)[C@H]1c1ccc2c(c1)OCO2. The number of amides is 2. The fourth-order valence-electron chi connectivity index (χ4n) is 4.34. The minimum Gasteiger partial charge on any atom is -0.454 e. The van der Waals surface area contributed by atoms with E-state index in [0.29, 0.717) is 18.0 Å². The highest BCUT2D eigenvalue weighted by molar-refractivity contribution is 5.88. The lowest BCUT2D eigenvalue weighted by Gasteiger charge is -2.37. The van der Waals surface area contributed by atoms with Crippen molar-refractivity contribution in [2.45, 2.75) is 19.4 Å². The molecule has 0 bridgehead atoms. The summed E-state index contributed by atoms with van der Waals surface area (Å²) < 4.78 is 11.0. The predicted molar refractivity (Wildman–Crippen MR) is 111 cm³/mol. The number of H-pyrrole nitrogens is 1. The zero-order chi connectivity index (χ0) is 20.8. The second-order valence-corrected chi connectivity index (χ2v) is 7.79. The van der Waals surface area contributed by atoms with Crippen LogP contribution in [0.2, 0.25) is 0 Å². The number of fused-ring (bicyclic) bond motifs is 4. The number of ether oxygens (including phenoxy) is 2. The van der Waals surface area contributed by atoms with Gasteiger partial charge in [0.1, 0.15) is 0 Å². The fourth-order valence-corrected chi connectivity index (χ4v) is 4.34. The Labute approximate surface area is 174 Å². The topological polar surface area (TPSA) is 74.9 Å². The molecule has 7 nitrogen and oxygen atoms in total. The van der Waals surface area contributed by atoms with Crippen LogP contribution in [0.25, 0.3) is 10.9 Å². The van der Waals surface area contributed by atoms with Gasteiger partial charge in [-0.2, -0.15) is 0 Å². The number of hydrogen-bond acceptors (Lipinski definition) is 4. The Bertz CT molecular complexity index is 1150. The summed E-state index contributed by atoms with van der Waals surface area (Å²) in [4.78, 5) is 31.7. The monoisotopic (exact) mass is 405 g/mol. The summed E-state index contributed by atoms with van der Waals surface area (Å²) in [6, 6.07) is 13.7. The number of hydrogen-bond donors (Lipinski definition) is 1. The zero-order valence-corrected chi connectivity index (χ0v) is 17.0. The molecule has 2 aliphatic rings. The molecule has 0 spiro atoms. The van der Waals surface area contributed by atoms with E-state index >= 15 is 0 Å². The molecule has 1 aromatic heterocycles. The number of para-hydroxylation sites is 1. The van der Waals surface area contributed by atoms with Gasteiger partial charge in [0, 0.05) is 37.1 Å². The van der Waals surface area contributed by atoms with Crippen molar-refractivity contribution in [3.05, 3.63) is 59.3 Å². The van der Waals surface area contributed by atoms with E-state index in [-0.39, 0.29) is 31.2 Å². The van der Waals surface area contributed by atoms with Crippen molar-refractivity contribution in [3.63, 3.8) is 0 Å². The molecule has 0 unspecified atom stereocenters. The number of aromatic nitrogens is 1. The molecule has 0 fully saturated rings. The molecule has 3 aromatic rings.